The van der Waals surface area contributed by atoms with Gasteiger partial charge in [0.15, 0.2) is 0 Å². The molecule has 0 saturated heterocycles. The number of rotatable bonds is 2. The van der Waals surface area contributed by atoms with E-state index in [-0.39, 0.29) is 10.8 Å². The van der Waals surface area contributed by atoms with Gasteiger partial charge in [0, 0.05) is 4.75 Å². The van der Waals surface area contributed by atoms with Crippen molar-refractivity contribution in [2.75, 3.05) is 6.61 Å². The van der Waals surface area contributed by atoms with Crippen molar-refractivity contribution in [1.29, 1.82) is 0 Å². The molecule has 0 N–H and O–H groups in total. The van der Waals surface area contributed by atoms with E-state index in [4.69, 9.17) is 4.74 Å². The maximum Gasteiger partial charge on any atom is 0.217 e. The third-order valence-corrected chi connectivity index (χ3v) is 4.54. The lowest BCUT2D eigenvalue weighted by atomic mass is 10.2. The van der Waals surface area contributed by atoms with Gasteiger partial charge in [0.2, 0.25) is 5.90 Å². The van der Waals surface area contributed by atoms with E-state index in [1.54, 1.807) is 0 Å². The summed E-state index contributed by atoms with van der Waals surface area (Å²) in [6.45, 7) is 8.53. The molecule has 1 aliphatic heterocycles. The highest BCUT2D eigenvalue weighted by atomic mass is 32.2. The Morgan fingerprint density at radius 3 is 2.56 bits per heavy atom. The summed E-state index contributed by atoms with van der Waals surface area (Å²) in [6.07, 6.45) is 0. The summed E-state index contributed by atoms with van der Waals surface area (Å²) >= 11 is 0. The molecule has 1 aromatic carbocycles. The topological polar surface area (TPSA) is 38.7 Å². The fourth-order valence-electron chi connectivity index (χ4n) is 1.76. The normalized spacial score (nSPS) is 21.3. The molecular weight excluding hydrogens is 246 g/mol. The van der Waals surface area contributed by atoms with E-state index in [0.29, 0.717) is 12.5 Å². The maximum absolute atomic E-state index is 12.5. The van der Waals surface area contributed by atoms with Crippen molar-refractivity contribution in [3.05, 3.63) is 29.8 Å². The Morgan fingerprint density at radius 2 is 2.00 bits per heavy atom. The number of aliphatic imine (C=N–C) groups is 1. The van der Waals surface area contributed by atoms with Crippen LogP contribution < -0.4 is 0 Å². The molecule has 1 aliphatic rings. The molecular formula is C14H19NO2S. The van der Waals surface area contributed by atoms with E-state index in [1.165, 1.54) is 0 Å². The molecule has 0 amide bonds. The first-order valence-electron chi connectivity index (χ1n) is 6.11. The van der Waals surface area contributed by atoms with Crippen molar-refractivity contribution in [3.8, 4) is 0 Å². The van der Waals surface area contributed by atoms with Gasteiger partial charge in [-0.25, -0.2) is 4.99 Å². The standard InChI is InChI=1S/C14H19NO2S/c1-10-9-17-13(15-10)11-7-5-6-8-12(11)18(16)14(2,3)4/h5-8,10H,9H2,1-4H3/t10-,18-/m0/s1. The first-order chi connectivity index (χ1) is 8.39. The zero-order valence-electron chi connectivity index (χ0n) is 11.3. The van der Waals surface area contributed by atoms with Gasteiger partial charge >= 0.3 is 0 Å². The molecule has 3 nitrogen and oxygen atoms in total. The molecule has 0 spiro atoms. The third kappa shape index (κ3) is 2.64. The molecule has 0 radical (unpaired) electrons. The lowest BCUT2D eigenvalue weighted by Crippen LogP contribution is -2.23. The van der Waals surface area contributed by atoms with E-state index < -0.39 is 10.8 Å². The average Bonchev–Trinajstić information content (AvgIpc) is 2.73. The van der Waals surface area contributed by atoms with Gasteiger partial charge < -0.3 is 4.74 Å². The molecule has 0 bridgehead atoms. The molecule has 2 rings (SSSR count). The molecule has 0 unspecified atom stereocenters. The largest absolute Gasteiger partial charge is 0.475 e. The van der Waals surface area contributed by atoms with Crippen molar-refractivity contribution in [2.45, 2.75) is 43.4 Å². The number of hydrogen-bond acceptors (Lipinski definition) is 3. The Hall–Kier alpha value is -1.16. The first kappa shape index (κ1) is 13.3. The molecule has 1 aromatic rings. The molecule has 0 fully saturated rings. The number of benzene rings is 1. The number of hydrogen-bond donors (Lipinski definition) is 0. The first-order valence-corrected chi connectivity index (χ1v) is 7.26. The van der Waals surface area contributed by atoms with Crippen molar-refractivity contribution < 1.29 is 8.95 Å². The van der Waals surface area contributed by atoms with Crippen LogP contribution in [0.1, 0.15) is 33.3 Å². The lowest BCUT2D eigenvalue weighted by Gasteiger charge is -2.19. The average molecular weight is 265 g/mol. The summed E-state index contributed by atoms with van der Waals surface area (Å²) in [5.41, 5.74) is 0.857. The van der Waals surface area contributed by atoms with Crippen LogP contribution in [-0.4, -0.2) is 27.5 Å². The Morgan fingerprint density at radius 1 is 1.33 bits per heavy atom. The summed E-state index contributed by atoms with van der Waals surface area (Å²) in [5.74, 6) is 0.621. The quantitative estimate of drug-likeness (QED) is 0.824. The minimum atomic E-state index is -1.08. The van der Waals surface area contributed by atoms with Gasteiger partial charge in [-0.3, -0.25) is 4.21 Å². The fourth-order valence-corrected chi connectivity index (χ4v) is 2.97. The highest BCUT2D eigenvalue weighted by molar-refractivity contribution is 7.86. The lowest BCUT2D eigenvalue weighted by molar-refractivity contribution is 0.323. The van der Waals surface area contributed by atoms with Crippen molar-refractivity contribution in [3.63, 3.8) is 0 Å². The minimum absolute atomic E-state index is 0.177. The number of nitrogens with zero attached hydrogens (tertiary/aromatic N) is 1. The van der Waals surface area contributed by atoms with Crippen LogP contribution >= 0.6 is 0 Å². The van der Waals surface area contributed by atoms with Crippen LogP contribution in [0.4, 0.5) is 0 Å². The summed E-state index contributed by atoms with van der Waals surface area (Å²) in [4.78, 5) is 5.25. The van der Waals surface area contributed by atoms with Gasteiger partial charge in [-0.1, -0.05) is 12.1 Å². The van der Waals surface area contributed by atoms with Gasteiger partial charge in [0.1, 0.15) is 6.61 Å². The highest BCUT2D eigenvalue weighted by Gasteiger charge is 2.26. The Kier molecular flexibility index (Phi) is 3.57. The minimum Gasteiger partial charge on any atom is -0.475 e. The van der Waals surface area contributed by atoms with Crippen molar-refractivity contribution in [2.24, 2.45) is 4.99 Å². The van der Waals surface area contributed by atoms with Crippen LogP contribution in [0.15, 0.2) is 34.2 Å². The summed E-state index contributed by atoms with van der Waals surface area (Å²) < 4.78 is 17.8. The summed E-state index contributed by atoms with van der Waals surface area (Å²) in [7, 11) is -1.08. The van der Waals surface area contributed by atoms with Crippen LogP contribution in [-0.2, 0) is 15.5 Å². The van der Waals surface area contributed by atoms with Crippen LogP contribution in [0.5, 0.6) is 0 Å². The maximum atomic E-state index is 12.5. The van der Waals surface area contributed by atoms with E-state index in [1.807, 2.05) is 52.0 Å². The predicted octanol–water partition coefficient (Wildman–Crippen LogP) is 2.76. The molecule has 98 valence electrons. The zero-order valence-corrected chi connectivity index (χ0v) is 12.1. The van der Waals surface area contributed by atoms with E-state index >= 15 is 0 Å². The van der Waals surface area contributed by atoms with Gasteiger partial charge in [-0.05, 0) is 39.8 Å². The third-order valence-electron chi connectivity index (χ3n) is 2.67. The molecule has 0 aliphatic carbocycles. The van der Waals surface area contributed by atoms with Gasteiger partial charge in [0.05, 0.1) is 27.3 Å². The Bertz CT molecular complexity index is 503. The second-order valence-electron chi connectivity index (χ2n) is 5.47. The smallest absolute Gasteiger partial charge is 0.217 e. The summed E-state index contributed by atoms with van der Waals surface area (Å²) in [6, 6.07) is 7.83. The second kappa shape index (κ2) is 4.84. The van der Waals surface area contributed by atoms with Gasteiger partial charge in [-0.2, -0.15) is 0 Å². The van der Waals surface area contributed by atoms with E-state index in [0.717, 1.165) is 10.5 Å². The molecule has 18 heavy (non-hydrogen) atoms. The number of ether oxygens (including phenoxy) is 1. The molecule has 2 atom stereocenters. The van der Waals surface area contributed by atoms with E-state index in [9.17, 15) is 4.21 Å². The molecule has 0 aromatic heterocycles. The van der Waals surface area contributed by atoms with Crippen LogP contribution in [0.2, 0.25) is 0 Å². The van der Waals surface area contributed by atoms with Gasteiger partial charge in [-0.15, -0.1) is 0 Å². The van der Waals surface area contributed by atoms with E-state index in [2.05, 4.69) is 4.99 Å². The van der Waals surface area contributed by atoms with Crippen LogP contribution in [0.25, 0.3) is 0 Å². The Labute approximate surface area is 111 Å². The van der Waals surface area contributed by atoms with Crippen LogP contribution in [0.3, 0.4) is 0 Å². The zero-order chi connectivity index (χ0) is 13.3. The fraction of sp³-hybridized carbons (Fsp3) is 0.500. The molecule has 0 saturated carbocycles. The molecule has 1 heterocycles. The van der Waals surface area contributed by atoms with Crippen molar-refractivity contribution >= 4 is 16.7 Å². The molecule has 4 heteroatoms. The predicted molar refractivity (Wildman–Crippen MR) is 74.6 cm³/mol. The SMILES string of the molecule is C[C@H]1COC(c2ccccc2[S@](=O)C(C)(C)C)=N1. The van der Waals surface area contributed by atoms with Gasteiger partial charge in [0.25, 0.3) is 0 Å². The monoisotopic (exact) mass is 265 g/mol. The highest BCUT2D eigenvalue weighted by Crippen LogP contribution is 2.25. The van der Waals surface area contributed by atoms with Crippen molar-refractivity contribution in [1.82, 2.24) is 0 Å². The Balaban J connectivity index is 2.44. The summed E-state index contributed by atoms with van der Waals surface area (Å²) in [5, 5.41) is 0. The second-order valence-corrected chi connectivity index (χ2v) is 7.67. The van der Waals surface area contributed by atoms with Crippen LogP contribution in [0, 0.1) is 0 Å².